The molecule has 0 unspecified atom stereocenters. The van der Waals surface area contributed by atoms with Gasteiger partial charge in [-0.25, -0.2) is 9.80 Å². The Hall–Kier alpha value is -3.82. The lowest BCUT2D eigenvalue weighted by Gasteiger charge is -2.23. The molecule has 0 aliphatic heterocycles. The fourth-order valence-corrected chi connectivity index (χ4v) is 3.88. The van der Waals surface area contributed by atoms with E-state index in [0.717, 1.165) is 5.01 Å². The second kappa shape index (κ2) is 8.37. The molecule has 32 heavy (non-hydrogen) atoms. The number of aromatic carboxylic acids is 1. The minimum Gasteiger partial charge on any atom is -0.493 e. The van der Waals surface area contributed by atoms with Crippen LogP contribution in [0.3, 0.4) is 0 Å². The molecule has 162 valence electrons. The highest BCUT2D eigenvalue weighted by atomic mass is 35.5. The molecule has 0 aliphatic rings. The lowest BCUT2D eigenvalue weighted by molar-refractivity contribution is -0.109. The summed E-state index contributed by atoms with van der Waals surface area (Å²) in [4.78, 5) is 40.2. The quantitative estimate of drug-likeness (QED) is 0.316. The molecular formula is C21H13Cl2N3O6. The number of benzene rings is 2. The number of nitrogens with one attached hydrogen (secondary N) is 1. The van der Waals surface area contributed by atoms with Crippen LogP contribution in [0, 0.1) is 0 Å². The van der Waals surface area contributed by atoms with Crippen molar-refractivity contribution in [2.75, 3.05) is 12.1 Å². The maximum atomic E-state index is 13.6. The summed E-state index contributed by atoms with van der Waals surface area (Å²) in [5.74, 6) is -1.51. The first-order valence-corrected chi connectivity index (χ1v) is 9.72. The summed E-state index contributed by atoms with van der Waals surface area (Å²) in [5, 5.41) is 11.0. The molecule has 0 radical (unpaired) electrons. The van der Waals surface area contributed by atoms with Gasteiger partial charge < -0.3 is 14.3 Å². The second-order valence-corrected chi connectivity index (χ2v) is 7.29. The van der Waals surface area contributed by atoms with Crippen molar-refractivity contribution in [1.82, 2.24) is 10.4 Å². The minimum absolute atomic E-state index is 0.00418. The van der Waals surface area contributed by atoms with Gasteiger partial charge in [-0.2, -0.15) is 0 Å². The molecule has 2 aromatic heterocycles. The maximum absolute atomic E-state index is 13.6. The van der Waals surface area contributed by atoms with Crippen molar-refractivity contribution < 1.29 is 28.6 Å². The topological polar surface area (TPSA) is 122 Å². The third-order valence-corrected chi connectivity index (χ3v) is 5.27. The summed E-state index contributed by atoms with van der Waals surface area (Å²) in [7, 11) is 1.43. The van der Waals surface area contributed by atoms with E-state index in [1.165, 1.54) is 49.8 Å². The van der Waals surface area contributed by atoms with E-state index in [9.17, 15) is 19.5 Å². The largest absolute Gasteiger partial charge is 0.493 e. The van der Waals surface area contributed by atoms with Gasteiger partial charge in [-0.3, -0.25) is 20.0 Å². The molecule has 2 aromatic carbocycles. The lowest BCUT2D eigenvalue weighted by atomic mass is 10.0. The van der Waals surface area contributed by atoms with E-state index in [-0.39, 0.29) is 32.4 Å². The van der Waals surface area contributed by atoms with Gasteiger partial charge in [-0.15, -0.1) is 0 Å². The van der Waals surface area contributed by atoms with Crippen molar-refractivity contribution in [3.63, 3.8) is 0 Å². The average Bonchev–Trinajstić information content (AvgIpc) is 3.16. The molecule has 4 aromatic rings. The van der Waals surface area contributed by atoms with Gasteiger partial charge in [0.1, 0.15) is 11.3 Å². The number of carbonyl (C=O) groups is 3. The molecule has 0 spiro atoms. The zero-order valence-electron chi connectivity index (χ0n) is 16.3. The van der Waals surface area contributed by atoms with Crippen molar-refractivity contribution >= 4 is 69.1 Å². The number of aromatic nitrogens is 1. The van der Waals surface area contributed by atoms with Crippen molar-refractivity contribution in [2.24, 2.45) is 0 Å². The number of hydrogen-bond donors (Lipinski definition) is 2. The van der Waals surface area contributed by atoms with Crippen LogP contribution < -0.4 is 15.2 Å². The number of hydrogen-bond acceptors (Lipinski definition) is 6. The van der Waals surface area contributed by atoms with E-state index in [1.54, 1.807) is 0 Å². The molecule has 4 rings (SSSR count). The number of carboxylic acid groups (broad SMARTS) is 1. The summed E-state index contributed by atoms with van der Waals surface area (Å²) in [5.41, 5.74) is 2.97. The predicted octanol–water partition coefficient (Wildman–Crippen LogP) is 4.30. The Morgan fingerprint density at radius 1 is 1.19 bits per heavy atom. The molecule has 0 fully saturated rings. The van der Waals surface area contributed by atoms with Gasteiger partial charge in [0.15, 0.2) is 11.3 Å². The van der Waals surface area contributed by atoms with E-state index in [2.05, 4.69) is 10.4 Å². The molecule has 0 bridgehead atoms. The fraction of sp³-hybridized carbons (Fsp3) is 0.0476. The van der Waals surface area contributed by atoms with Gasteiger partial charge in [0.05, 0.1) is 28.3 Å². The number of hydrazine groups is 1. The normalized spacial score (nSPS) is 10.8. The molecule has 0 atom stereocenters. The van der Waals surface area contributed by atoms with Crippen molar-refractivity contribution in [2.45, 2.75) is 0 Å². The number of methoxy groups -OCH3 is 1. The number of fused-ring (bicyclic) bond motifs is 3. The van der Waals surface area contributed by atoms with Crippen molar-refractivity contribution in [3.05, 3.63) is 63.9 Å². The van der Waals surface area contributed by atoms with Gasteiger partial charge in [0.25, 0.3) is 5.91 Å². The van der Waals surface area contributed by atoms with Gasteiger partial charge in [0.2, 0.25) is 6.41 Å². The first-order chi connectivity index (χ1) is 15.4. The molecule has 2 heterocycles. The second-order valence-electron chi connectivity index (χ2n) is 6.48. The zero-order valence-corrected chi connectivity index (χ0v) is 17.8. The number of halogens is 2. The van der Waals surface area contributed by atoms with Crippen LogP contribution in [0.2, 0.25) is 10.0 Å². The van der Waals surface area contributed by atoms with Crippen LogP contribution in [0.25, 0.3) is 21.9 Å². The van der Waals surface area contributed by atoms with Crippen LogP contribution in [-0.2, 0) is 4.79 Å². The van der Waals surface area contributed by atoms with Crippen LogP contribution in [0.5, 0.6) is 5.75 Å². The number of anilines is 1. The van der Waals surface area contributed by atoms with Crippen LogP contribution in [0.15, 0.2) is 47.1 Å². The van der Waals surface area contributed by atoms with E-state index in [4.69, 9.17) is 32.4 Å². The number of rotatable bonds is 6. The van der Waals surface area contributed by atoms with E-state index < -0.39 is 11.9 Å². The SMILES string of the molecule is COc1ccc(C(=O)N(NC=O)c2c(Cl)cncc2Cl)c2c1oc1ccc(C(=O)O)cc12. The van der Waals surface area contributed by atoms with Crippen LogP contribution in [0.1, 0.15) is 20.7 Å². The van der Waals surface area contributed by atoms with E-state index >= 15 is 0 Å². The van der Waals surface area contributed by atoms with E-state index in [1.807, 2.05) is 0 Å². The third-order valence-electron chi connectivity index (χ3n) is 4.72. The summed E-state index contributed by atoms with van der Waals surface area (Å²) < 4.78 is 11.2. The summed E-state index contributed by atoms with van der Waals surface area (Å²) in [6.07, 6.45) is 2.83. The summed E-state index contributed by atoms with van der Waals surface area (Å²) >= 11 is 12.4. The predicted molar refractivity (Wildman–Crippen MR) is 117 cm³/mol. The summed E-state index contributed by atoms with van der Waals surface area (Å²) in [6, 6.07) is 7.26. The Labute approximate surface area is 190 Å². The number of carbonyl (C=O) groups excluding carboxylic acids is 2. The molecular weight excluding hydrogens is 461 g/mol. The van der Waals surface area contributed by atoms with Crippen molar-refractivity contribution in [3.8, 4) is 5.75 Å². The summed E-state index contributed by atoms with van der Waals surface area (Å²) in [6.45, 7) is 0. The van der Waals surface area contributed by atoms with Crippen LogP contribution in [-0.4, -0.2) is 35.5 Å². The van der Waals surface area contributed by atoms with Crippen LogP contribution in [0.4, 0.5) is 5.69 Å². The molecule has 2 N–H and O–H groups in total. The number of pyridine rings is 1. The monoisotopic (exact) mass is 473 g/mol. The van der Waals surface area contributed by atoms with Crippen LogP contribution >= 0.6 is 23.2 Å². The highest BCUT2D eigenvalue weighted by Gasteiger charge is 2.27. The third kappa shape index (κ3) is 3.47. The molecule has 11 heteroatoms. The van der Waals surface area contributed by atoms with E-state index in [0.29, 0.717) is 28.5 Å². The van der Waals surface area contributed by atoms with Crippen molar-refractivity contribution in [1.29, 1.82) is 0 Å². The average molecular weight is 474 g/mol. The highest BCUT2D eigenvalue weighted by Crippen LogP contribution is 2.39. The fourth-order valence-electron chi connectivity index (χ4n) is 3.34. The molecule has 2 amide bonds. The lowest BCUT2D eigenvalue weighted by Crippen LogP contribution is -2.42. The molecule has 0 aliphatic carbocycles. The smallest absolute Gasteiger partial charge is 0.335 e. The Morgan fingerprint density at radius 3 is 2.53 bits per heavy atom. The van der Waals surface area contributed by atoms with Gasteiger partial charge >= 0.3 is 5.97 Å². The van der Waals surface area contributed by atoms with Gasteiger partial charge in [-0.1, -0.05) is 23.2 Å². The Morgan fingerprint density at radius 2 is 1.91 bits per heavy atom. The first-order valence-electron chi connectivity index (χ1n) is 8.97. The number of furan rings is 1. The standard InChI is InChI=1S/C21H13Cl2N3O6/c1-31-16-5-3-11(17-12-6-10(21(29)30)2-4-15(12)32-19(16)17)20(28)26(25-9-27)18-13(22)7-24-8-14(18)23/h2-9H,1H3,(H,25,27)(H,29,30). The maximum Gasteiger partial charge on any atom is 0.335 e. The Kier molecular flexibility index (Phi) is 5.60. The zero-order chi connectivity index (χ0) is 23.0. The number of nitrogens with zero attached hydrogens (tertiary/aromatic N) is 2. The number of amides is 2. The molecule has 9 nitrogen and oxygen atoms in total. The molecule has 0 saturated carbocycles. The minimum atomic E-state index is -1.14. The molecule has 0 saturated heterocycles. The number of carboxylic acids is 1. The Bertz CT molecular complexity index is 1380. The first kappa shape index (κ1) is 21.4. The Balaban J connectivity index is 2.01. The van der Waals surface area contributed by atoms with Gasteiger partial charge in [0, 0.05) is 23.2 Å². The highest BCUT2D eigenvalue weighted by molar-refractivity contribution is 6.40. The number of ether oxygens (including phenoxy) is 1. The van der Waals surface area contributed by atoms with Gasteiger partial charge in [-0.05, 0) is 30.3 Å².